The summed E-state index contributed by atoms with van der Waals surface area (Å²) in [5.74, 6) is 0.167. The van der Waals surface area contributed by atoms with Crippen LogP contribution < -0.4 is 4.74 Å². The highest BCUT2D eigenvalue weighted by molar-refractivity contribution is 5.63. The summed E-state index contributed by atoms with van der Waals surface area (Å²) in [5, 5.41) is 21.7. The molecule has 0 bridgehead atoms. The van der Waals surface area contributed by atoms with Gasteiger partial charge in [-0.1, -0.05) is 60.7 Å². The van der Waals surface area contributed by atoms with E-state index in [1.807, 2.05) is 54.6 Å². The Bertz CT molecular complexity index is 876. The Morgan fingerprint density at radius 1 is 0.920 bits per heavy atom. The number of nitro benzene ring substituents is 1. The lowest BCUT2D eigenvalue weighted by atomic mass is 9.98. The van der Waals surface area contributed by atoms with Crippen LogP contribution in [0.1, 0.15) is 17.2 Å². The molecule has 3 aromatic rings. The van der Waals surface area contributed by atoms with Gasteiger partial charge >= 0.3 is 5.69 Å². The standard InChI is InChI=1S/C20H17NO4/c1-25-19-12-11-17(13-18(19)21(23)24)20(22)16-9-7-15(8-10-16)14-5-3-2-4-6-14/h2-13,20,22H,1H3/t20-/m1/s1. The SMILES string of the molecule is COc1ccc([C@H](O)c2ccc(-c3ccccc3)cc2)cc1[N+](=O)[O-]. The molecule has 1 N–H and O–H groups in total. The van der Waals surface area contributed by atoms with E-state index >= 15 is 0 Å². The predicted molar refractivity (Wildman–Crippen MR) is 95.6 cm³/mol. The Balaban J connectivity index is 1.89. The molecular weight excluding hydrogens is 318 g/mol. The fourth-order valence-electron chi connectivity index (χ4n) is 2.70. The van der Waals surface area contributed by atoms with Crippen LogP contribution in [0.4, 0.5) is 5.69 Å². The monoisotopic (exact) mass is 335 g/mol. The number of hydrogen-bond donors (Lipinski definition) is 1. The number of nitrogens with zero attached hydrogens (tertiary/aromatic N) is 1. The quantitative estimate of drug-likeness (QED) is 0.556. The van der Waals surface area contributed by atoms with Gasteiger partial charge in [0.05, 0.1) is 12.0 Å². The van der Waals surface area contributed by atoms with Crippen LogP contribution in [0.2, 0.25) is 0 Å². The van der Waals surface area contributed by atoms with Crippen LogP contribution in [0.15, 0.2) is 72.8 Å². The zero-order valence-corrected chi connectivity index (χ0v) is 13.6. The summed E-state index contributed by atoms with van der Waals surface area (Å²) in [6, 6.07) is 21.9. The van der Waals surface area contributed by atoms with Crippen LogP contribution in [0.3, 0.4) is 0 Å². The predicted octanol–water partition coefficient (Wildman–Crippen LogP) is 4.35. The van der Waals surface area contributed by atoms with Gasteiger partial charge in [-0.15, -0.1) is 0 Å². The molecule has 0 aromatic heterocycles. The average Bonchev–Trinajstić information content (AvgIpc) is 2.67. The fraction of sp³-hybridized carbons (Fsp3) is 0.100. The highest BCUT2D eigenvalue weighted by Gasteiger charge is 2.19. The Hall–Kier alpha value is -3.18. The van der Waals surface area contributed by atoms with E-state index in [4.69, 9.17) is 4.74 Å². The van der Waals surface area contributed by atoms with Crippen LogP contribution in [-0.2, 0) is 0 Å². The smallest absolute Gasteiger partial charge is 0.311 e. The summed E-state index contributed by atoms with van der Waals surface area (Å²) >= 11 is 0. The average molecular weight is 335 g/mol. The second-order valence-corrected chi connectivity index (χ2v) is 5.58. The maximum absolute atomic E-state index is 11.1. The highest BCUT2D eigenvalue weighted by Crippen LogP contribution is 2.32. The second-order valence-electron chi connectivity index (χ2n) is 5.58. The lowest BCUT2D eigenvalue weighted by molar-refractivity contribution is -0.385. The minimum absolute atomic E-state index is 0.167. The van der Waals surface area contributed by atoms with Gasteiger partial charge in [-0.25, -0.2) is 0 Å². The molecule has 0 spiro atoms. The Morgan fingerprint density at radius 3 is 2.12 bits per heavy atom. The van der Waals surface area contributed by atoms with Crippen LogP contribution >= 0.6 is 0 Å². The number of ether oxygens (including phenoxy) is 1. The number of benzene rings is 3. The Labute approximate surface area is 145 Å². The lowest BCUT2D eigenvalue weighted by Crippen LogP contribution is -2.02. The fourth-order valence-corrected chi connectivity index (χ4v) is 2.70. The summed E-state index contributed by atoms with van der Waals surface area (Å²) in [4.78, 5) is 10.6. The molecule has 126 valence electrons. The van der Waals surface area contributed by atoms with Gasteiger partial charge in [0.25, 0.3) is 0 Å². The number of nitro groups is 1. The molecule has 3 aromatic carbocycles. The van der Waals surface area contributed by atoms with Gasteiger partial charge in [0, 0.05) is 6.07 Å². The summed E-state index contributed by atoms with van der Waals surface area (Å²) in [5.41, 5.74) is 3.07. The number of rotatable bonds is 5. The molecule has 0 amide bonds. The van der Waals surface area contributed by atoms with Crippen LogP contribution in [-0.4, -0.2) is 17.1 Å². The molecule has 25 heavy (non-hydrogen) atoms. The van der Waals surface area contributed by atoms with Crippen LogP contribution in [0, 0.1) is 10.1 Å². The van der Waals surface area contributed by atoms with Crippen molar-refractivity contribution in [2.75, 3.05) is 7.11 Å². The Morgan fingerprint density at radius 2 is 1.52 bits per heavy atom. The van der Waals surface area contributed by atoms with Crippen molar-refractivity contribution in [3.05, 3.63) is 94.0 Å². The van der Waals surface area contributed by atoms with E-state index < -0.39 is 11.0 Å². The van der Waals surface area contributed by atoms with E-state index in [1.165, 1.54) is 19.2 Å². The summed E-state index contributed by atoms with van der Waals surface area (Å²) < 4.78 is 4.99. The second kappa shape index (κ2) is 7.15. The zero-order chi connectivity index (χ0) is 17.8. The molecule has 5 nitrogen and oxygen atoms in total. The molecule has 0 aliphatic carbocycles. The normalized spacial score (nSPS) is 11.8. The third-order valence-electron chi connectivity index (χ3n) is 4.05. The summed E-state index contributed by atoms with van der Waals surface area (Å²) in [6.07, 6.45) is -0.950. The highest BCUT2D eigenvalue weighted by atomic mass is 16.6. The topological polar surface area (TPSA) is 72.6 Å². The van der Waals surface area contributed by atoms with Gasteiger partial charge in [-0.05, 0) is 28.3 Å². The molecule has 0 fully saturated rings. The molecular formula is C20H17NO4. The number of aliphatic hydroxyl groups is 1. The number of aliphatic hydroxyl groups excluding tert-OH is 1. The van der Waals surface area contributed by atoms with E-state index in [0.717, 1.165) is 11.1 Å². The van der Waals surface area contributed by atoms with E-state index in [9.17, 15) is 15.2 Å². The molecule has 0 heterocycles. The molecule has 5 heteroatoms. The minimum atomic E-state index is -0.950. The van der Waals surface area contributed by atoms with Gasteiger partial charge in [-0.3, -0.25) is 10.1 Å². The molecule has 0 aliphatic rings. The molecule has 3 rings (SSSR count). The maximum atomic E-state index is 11.1. The molecule has 0 radical (unpaired) electrons. The minimum Gasteiger partial charge on any atom is -0.490 e. The molecule has 0 saturated carbocycles. The van der Waals surface area contributed by atoms with Crippen molar-refractivity contribution in [1.29, 1.82) is 0 Å². The first-order chi connectivity index (χ1) is 12.1. The first-order valence-corrected chi connectivity index (χ1v) is 7.76. The zero-order valence-electron chi connectivity index (χ0n) is 13.6. The van der Waals surface area contributed by atoms with Gasteiger partial charge < -0.3 is 9.84 Å². The van der Waals surface area contributed by atoms with Crippen LogP contribution in [0.5, 0.6) is 5.75 Å². The molecule has 1 atom stereocenters. The van der Waals surface area contributed by atoms with E-state index in [0.29, 0.717) is 11.1 Å². The van der Waals surface area contributed by atoms with Crippen molar-refractivity contribution < 1.29 is 14.8 Å². The molecule has 0 aliphatic heterocycles. The van der Waals surface area contributed by atoms with Gasteiger partial charge in [-0.2, -0.15) is 0 Å². The van der Waals surface area contributed by atoms with Crippen molar-refractivity contribution in [1.82, 2.24) is 0 Å². The van der Waals surface area contributed by atoms with Gasteiger partial charge in [0.2, 0.25) is 0 Å². The molecule has 0 unspecified atom stereocenters. The number of hydrogen-bond acceptors (Lipinski definition) is 4. The van der Waals surface area contributed by atoms with E-state index in [1.54, 1.807) is 6.07 Å². The van der Waals surface area contributed by atoms with Crippen molar-refractivity contribution in [3.8, 4) is 16.9 Å². The lowest BCUT2D eigenvalue weighted by Gasteiger charge is -2.13. The third-order valence-corrected chi connectivity index (χ3v) is 4.05. The van der Waals surface area contributed by atoms with Gasteiger partial charge in [0.15, 0.2) is 5.75 Å². The number of methoxy groups -OCH3 is 1. The largest absolute Gasteiger partial charge is 0.490 e. The first kappa shape index (κ1) is 16.7. The van der Waals surface area contributed by atoms with Gasteiger partial charge in [0.1, 0.15) is 6.10 Å². The Kier molecular flexibility index (Phi) is 4.77. The molecule has 0 saturated heterocycles. The van der Waals surface area contributed by atoms with Crippen molar-refractivity contribution in [3.63, 3.8) is 0 Å². The maximum Gasteiger partial charge on any atom is 0.311 e. The van der Waals surface area contributed by atoms with Crippen molar-refractivity contribution >= 4 is 5.69 Å². The van der Waals surface area contributed by atoms with E-state index in [-0.39, 0.29) is 11.4 Å². The summed E-state index contributed by atoms with van der Waals surface area (Å²) in [6.45, 7) is 0. The van der Waals surface area contributed by atoms with Crippen molar-refractivity contribution in [2.45, 2.75) is 6.10 Å². The van der Waals surface area contributed by atoms with Crippen LogP contribution in [0.25, 0.3) is 11.1 Å². The third kappa shape index (κ3) is 3.51. The van der Waals surface area contributed by atoms with E-state index in [2.05, 4.69) is 0 Å². The van der Waals surface area contributed by atoms with Crippen molar-refractivity contribution in [2.24, 2.45) is 0 Å². The first-order valence-electron chi connectivity index (χ1n) is 7.76. The summed E-state index contributed by atoms with van der Waals surface area (Å²) in [7, 11) is 1.38.